The fraction of sp³-hybridized carbons (Fsp3) is 0.467. The molecule has 2 amide bonds. The van der Waals surface area contributed by atoms with Gasteiger partial charge in [0.1, 0.15) is 6.54 Å². The van der Waals surface area contributed by atoms with Gasteiger partial charge in [0, 0.05) is 12.3 Å². The van der Waals surface area contributed by atoms with Crippen molar-refractivity contribution >= 4 is 22.9 Å². The molecule has 0 bridgehead atoms. The highest BCUT2D eigenvalue weighted by atomic mass is 32.2. The van der Waals surface area contributed by atoms with Crippen LogP contribution >= 0.6 is 11.8 Å². The largest absolute Gasteiger partial charge is 0.348 e. The van der Waals surface area contributed by atoms with E-state index in [9.17, 15) is 9.59 Å². The summed E-state index contributed by atoms with van der Waals surface area (Å²) in [5.74, 6) is 0.674. The third-order valence-electron chi connectivity index (χ3n) is 3.44. The Bertz CT molecular complexity index is 487. The lowest BCUT2D eigenvalue weighted by Gasteiger charge is -2.18. The molecule has 2 rings (SSSR count). The molecule has 1 aromatic rings. The molecule has 1 saturated heterocycles. The Morgan fingerprint density at radius 3 is 2.65 bits per heavy atom. The maximum absolute atomic E-state index is 11.9. The van der Waals surface area contributed by atoms with E-state index in [1.54, 1.807) is 4.90 Å². The second kappa shape index (κ2) is 6.79. The number of carbonyl (C=O) groups excluding carboxylic acids is 2. The average Bonchev–Trinajstić information content (AvgIpc) is 2.84. The number of nitrogens with one attached hydrogen (secondary N) is 1. The number of rotatable bonds is 5. The monoisotopic (exact) mass is 292 g/mol. The summed E-state index contributed by atoms with van der Waals surface area (Å²) < 4.78 is 0. The predicted molar refractivity (Wildman–Crippen MR) is 81.8 cm³/mol. The minimum Gasteiger partial charge on any atom is -0.348 e. The third kappa shape index (κ3) is 3.76. The van der Waals surface area contributed by atoms with E-state index >= 15 is 0 Å². The first-order valence-corrected chi connectivity index (χ1v) is 7.88. The lowest BCUT2D eigenvalue weighted by Crippen LogP contribution is -2.38. The van der Waals surface area contributed by atoms with Crippen LogP contribution in [0.25, 0.3) is 0 Å². The van der Waals surface area contributed by atoms with Crippen LogP contribution in [-0.2, 0) is 11.2 Å². The predicted octanol–water partition coefficient (Wildman–Crippen LogP) is 2.60. The zero-order chi connectivity index (χ0) is 14.5. The summed E-state index contributed by atoms with van der Waals surface area (Å²) in [5, 5.41) is 2.94. The van der Waals surface area contributed by atoms with Crippen LogP contribution in [-0.4, -0.2) is 34.9 Å². The van der Waals surface area contributed by atoms with Gasteiger partial charge >= 0.3 is 0 Å². The van der Waals surface area contributed by atoms with Gasteiger partial charge in [-0.25, -0.2) is 0 Å². The van der Waals surface area contributed by atoms with Crippen molar-refractivity contribution < 1.29 is 9.59 Å². The Morgan fingerprint density at radius 2 is 2.10 bits per heavy atom. The number of aryl methyl sites for hydroxylation is 1. The first-order valence-electron chi connectivity index (χ1n) is 6.90. The molecular weight excluding hydrogens is 272 g/mol. The van der Waals surface area contributed by atoms with Crippen LogP contribution in [0.3, 0.4) is 0 Å². The number of hydrogen-bond acceptors (Lipinski definition) is 3. The summed E-state index contributed by atoms with van der Waals surface area (Å²) in [7, 11) is 0. The molecule has 1 unspecified atom stereocenters. The zero-order valence-electron chi connectivity index (χ0n) is 11.9. The van der Waals surface area contributed by atoms with Gasteiger partial charge in [-0.1, -0.05) is 43.0 Å². The van der Waals surface area contributed by atoms with Crippen LogP contribution in [0.2, 0.25) is 0 Å². The molecule has 1 heterocycles. The SMILES string of the molecule is CCc1ccc(C(C)NC(=O)CN2CCSC2=O)cc1. The second-order valence-corrected chi connectivity index (χ2v) is 5.97. The van der Waals surface area contributed by atoms with Crippen LogP contribution in [0, 0.1) is 0 Å². The number of nitrogens with zero attached hydrogens (tertiary/aromatic N) is 1. The van der Waals surface area contributed by atoms with E-state index in [1.165, 1.54) is 17.3 Å². The number of hydrogen-bond donors (Lipinski definition) is 1. The number of benzene rings is 1. The van der Waals surface area contributed by atoms with E-state index in [2.05, 4.69) is 24.4 Å². The van der Waals surface area contributed by atoms with Crippen molar-refractivity contribution in [3.05, 3.63) is 35.4 Å². The average molecular weight is 292 g/mol. The van der Waals surface area contributed by atoms with Gasteiger partial charge in [0.25, 0.3) is 5.24 Å². The van der Waals surface area contributed by atoms with Crippen molar-refractivity contribution in [2.24, 2.45) is 0 Å². The van der Waals surface area contributed by atoms with E-state index in [1.807, 2.05) is 19.1 Å². The van der Waals surface area contributed by atoms with Gasteiger partial charge in [0.2, 0.25) is 5.91 Å². The van der Waals surface area contributed by atoms with Crippen LogP contribution in [0.1, 0.15) is 31.0 Å². The number of thioether (sulfide) groups is 1. The fourth-order valence-electron chi connectivity index (χ4n) is 2.16. The molecule has 1 atom stereocenters. The molecule has 1 aliphatic rings. The Labute approximate surface area is 123 Å². The summed E-state index contributed by atoms with van der Waals surface area (Å²) in [6, 6.07) is 8.21. The molecule has 5 heteroatoms. The minimum absolute atomic E-state index is 0.0000942. The van der Waals surface area contributed by atoms with Gasteiger partial charge in [0.05, 0.1) is 6.04 Å². The molecule has 0 aliphatic carbocycles. The maximum Gasteiger partial charge on any atom is 0.282 e. The van der Waals surface area contributed by atoms with Gasteiger partial charge in [-0.15, -0.1) is 0 Å². The molecule has 0 radical (unpaired) electrons. The summed E-state index contributed by atoms with van der Waals surface area (Å²) in [6.07, 6.45) is 1.01. The molecule has 20 heavy (non-hydrogen) atoms. The van der Waals surface area contributed by atoms with Gasteiger partial charge in [0.15, 0.2) is 0 Å². The van der Waals surface area contributed by atoms with E-state index < -0.39 is 0 Å². The molecule has 4 nitrogen and oxygen atoms in total. The molecule has 0 saturated carbocycles. The van der Waals surface area contributed by atoms with E-state index in [4.69, 9.17) is 0 Å². The highest BCUT2D eigenvalue weighted by Gasteiger charge is 2.23. The Kier molecular flexibility index (Phi) is 5.06. The Hall–Kier alpha value is -1.49. The van der Waals surface area contributed by atoms with Crippen LogP contribution in [0.15, 0.2) is 24.3 Å². The highest BCUT2D eigenvalue weighted by Crippen LogP contribution is 2.17. The summed E-state index contributed by atoms with van der Waals surface area (Å²) in [4.78, 5) is 25.0. The maximum atomic E-state index is 11.9. The normalized spacial score (nSPS) is 16.3. The lowest BCUT2D eigenvalue weighted by atomic mass is 10.1. The third-order valence-corrected chi connectivity index (χ3v) is 4.34. The van der Waals surface area contributed by atoms with E-state index in [-0.39, 0.29) is 23.7 Å². The van der Waals surface area contributed by atoms with Gasteiger partial charge in [-0.2, -0.15) is 0 Å². The zero-order valence-corrected chi connectivity index (χ0v) is 12.7. The van der Waals surface area contributed by atoms with E-state index in [0.717, 1.165) is 17.7 Å². The Balaban J connectivity index is 1.87. The minimum atomic E-state index is -0.104. The van der Waals surface area contributed by atoms with Gasteiger partial charge in [-0.3, -0.25) is 9.59 Å². The van der Waals surface area contributed by atoms with Crippen LogP contribution in [0.5, 0.6) is 0 Å². The number of amides is 2. The van der Waals surface area contributed by atoms with Crippen molar-refractivity contribution in [2.75, 3.05) is 18.8 Å². The van der Waals surface area contributed by atoms with Crippen molar-refractivity contribution in [1.82, 2.24) is 10.2 Å². The highest BCUT2D eigenvalue weighted by molar-refractivity contribution is 8.13. The van der Waals surface area contributed by atoms with Crippen molar-refractivity contribution in [3.63, 3.8) is 0 Å². The molecule has 1 N–H and O–H groups in total. The van der Waals surface area contributed by atoms with E-state index in [0.29, 0.717) is 6.54 Å². The van der Waals surface area contributed by atoms with Crippen LogP contribution in [0.4, 0.5) is 4.79 Å². The Morgan fingerprint density at radius 1 is 1.40 bits per heavy atom. The fourth-order valence-corrected chi connectivity index (χ4v) is 2.98. The molecule has 0 spiro atoms. The van der Waals surface area contributed by atoms with Crippen molar-refractivity contribution in [2.45, 2.75) is 26.3 Å². The lowest BCUT2D eigenvalue weighted by molar-refractivity contribution is -0.122. The second-order valence-electron chi connectivity index (χ2n) is 4.92. The van der Waals surface area contributed by atoms with Gasteiger partial charge < -0.3 is 10.2 Å². The standard InChI is InChI=1S/C15H20N2O2S/c1-3-12-4-6-13(7-5-12)11(2)16-14(18)10-17-8-9-20-15(17)19/h4-7,11H,3,8-10H2,1-2H3,(H,16,18). The molecular formula is C15H20N2O2S. The first kappa shape index (κ1) is 14.9. The van der Waals surface area contributed by atoms with Gasteiger partial charge in [-0.05, 0) is 24.5 Å². The molecule has 1 aromatic carbocycles. The summed E-state index contributed by atoms with van der Waals surface area (Å²) >= 11 is 1.27. The molecule has 108 valence electrons. The smallest absolute Gasteiger partial charge is 0.282 e. The quantitative estimate of drug-likeness (QED) is 0.907. The topological polar surface area (TPSA) is 49.4 Å². The summed E-state index contributed by atoms with van der Waals surface area (Å²) in [6.45, 7) is 4.89. The van der Waals surface area contributed by atoms with Crippen molar-refractivity contribution in [3.8, 4) is 0 Å². The summed E-state index contributed by atoms with van der Waals surface area (Å²) in [5.41, 5.74) is 2.37. The van der Waals surface area contributed by atoms with Crippen molar-refractivity contribution in [1.29, 1.82) is 0 Å². The number of carbonyl (C=O) groups is 2. The van der Waals surface area contributed by atoms with Crippen LogP contribution < -0.4 is 5.32 Å². The molecule has 0 aromatic heterocycles. The molecule has 1 fully saturated rings. The first-order chi connectivity index (χ1) is 9.60. The molecule has 1 aliphatic heterocycles.